The Hall–Kier alpha value is -6.12. The Morgan fingerprint density at radius 1 is 0.283 bits per heavy atom. The van der Waals surface area contributed by atoms with Crippen molar-refractivity contribution in [1.82, 2.24) is 0 Å². The van der Waals surface area contributed by atoms with Crippen LogP contribution in [0.1, 0.15) is 0 Å². The van der Waals surface area contributed by atoms with Crippen LogP contribution in [0.4, 0.5) is 0 Å². The molecule has 0 unspecified atom stereocenters. The molecule has 8 aromatic carbocycles. The van der Waals surface area contributed by atoms with Crippen molar-refractivity contribution in [2.75, 3.05) is 0 Å². The highest BCUT2D eigenvalue weighted by atomic mass is 16.3. The van der Waals surface area contributed by atoms with Crippen molar-refractivity contribution in [2.45, 2.75) is 0 Å². The summed E-state index contributed by atoms with van der Waals surface area (Å²) in [5.74, 6) is 0. The van der Waals surface area contributed by atoms with Crippen LogP contribution in [0.2, 0.25) is 0 Å². The third-order valence-corrected chi connectivity index (χ3v) is 9.47. The Labute approximate surface area is 264 Å². The molecule has 10 aromatic rings. The fourth-order valence-electron chi connectivity index (χ4n) is 7.55. The summed E-state index contributed by atoms with van der Waals surface area (Å²) in [5.41, 5.74) is 10.7. The monoisotopic (exact) mass is 586 g/mol. The van der Waals surface area contributed by atoms with Crippen LogP contribution in [0, 0.1) is 0 Å². The predicted molar refractivity (Wildman–Crippen MR) is 192 cm³/mol. The molecule has 0 fully saturated rings. The minimum Gasteiger partial charge on any atom is -0.456 e. The molecule has 0 aliphatic heterocycles. The molecule has 0 saturated carbocycles. The van der Waals surface area contributed by atoms with Crippen molar-refractivity contribution < 1.29 is 8.83 Å². The van der Waals surface area contributed by atoms with Crippen LogP contribution in [0.3, 0.4) is 0 Å². The lowest BCUT2D eigenvalue weighted by Gasteiger charge is -2.18. The van der Waals surface area contributed by atoms with E-state index in [0.717, 1.165) is 55.0 Å². The normalized spacial score (nSPS) is 11.9. The molecule has 0 radical (unpaired) electrons. The number of hydrogen-bond acceptors (Lipinski definition) is 2. The number of benzene rings is 8. The maximum absolute atomic E-state index is 6.65. The summed E-state index contributed by atoms with van der Waals surface area (Å²) in [6.07, 6.45) is 0. The van der Waals surface area contributed by atoms with Gasteiger partial charge in [-0.25, -0.2) is 0 Å². The average Bonchev–Trinajstić information content (AvgIpc) is 3.69. The molecule has 2 heterocycles. The first-order chi connectivity index (χ1) is 22.8. The summed E-state index contributed by atoms with van der Waals surface area (Å²) in [4.78, 5) is 0. The fourth-order valence-corrected chi connectivity index (χ4v) is 7.55. The lowest BCUT2D eigenvalue weighted by atomic mass is 9.85. The van der Waals surface area contributed by atoms with Gasteiger partial charge in [0.25, 0.3) is 0 Å². The van der Waals surface area contributed by atoms with E-state index in [1.165, 1.54) is 43.8 Å². The molecule has 0 aliphatic carbocycles. The maximum atomic E-state index is 6.65. The van der Waals surface area contributed by atoms with E-state index in [1.54, 1.807) is 0 Å². The van der Waals surface area contributed by atoms with Gasteiger partial charge in [-0.05, 0) is 85.3 Å². The molecule has 46 heavy (non-hydrogen) atoms. The van der Waals surface area contributed by atoms with Crippen molar-refractivity contribution >= 4 is 65.4 Å². The molecule has 2 nitrogen and oxygen atoms in total. The summed E-state index contributed by atoms with van der Waals surface area (Å²) >= 11 is 0. The van der Waals surface area contributed by atoms with Crippen LogP contribution in [0.5, 0.6) is 0 Å². The van der Waals surface area contributed by atoms with E-state index in [4.69, 9.17) is 8.83 Å². The Balaban J connectivity index is 1.25. The quantitative estimate of drug-likeness (QED) is 0.193. The number of hydrogen-bond donors (Lipinski definition) is 0. The molecular weight excluding hydrogens is 560 g/mol. The van der Waals surface area contributed by atoms with Gasteiger partial charge in [0.2, 0.25) is 0 Å². The number of fused-ring (bicyclic) bond motifs is 8. The summed E-state index contributed by atoms with van der Waals surface area (Å²) in [7, 11) is 0. The van der Waals surface area contributed by atoms with Crippen LogP contribution >= 0.6 is 0 Å². The van der Waals surface area contributed by atoms with Gasteiger partial charge in [-0.15, -0.1) is 0 Å². The fraction of sp³-hybridized carbons (Fsp3) is 0. The second-order valence-corrected chi connectivity index (χ2v) is 12.0. The SMILES string of the molecule is c1ccc(-c2c3ccccc3c(-c3cccc4oc5cc(-c6cccc7oc8ccccc8c67)ccc5c34)c3ccccc23)cc1. The van der Waals surface area contributed by atoms with E-state index >= 15 is 0 Å². The molecule has 10 rings (SSSR count). The molecule has 0 aliphatic rings. The summed E-state index contributed by atoms with van der Waals surface area (Å²) < 4.78 is 12.8. The summed E-state index contributed by atoms with van der Waals surface area (Å²) in [6, 6.07) is 56.0. The van der Waals surface area contributed by atoms with E-state index in [1.807, 2.05) is 18.2 Å². The predicted octanol–water partition coefficient (Wildman–Crippen LogP) is 12.8. The van der Waals surface area contributed by atoms with E-state index in [0.29, 0.717) is 0 Å². The van der Waals surface area contributed by atoms with Gasteiger partial charge in [-0.3, -0.25) is 0 Å². The minimum absolute atomic E-state index is 0.874. The van der Waals surface area contributed by atoms with Gasteiger partial charge in [0.1, 0.15) is 22.3 Å². The lowest BCUT2D eigenvalue weighted by molar-refractivity contribution is 0.668. The first-order valence-electron chi connectivity index (χ1n) is 15.7. The Morgan fingerprint density at radius 3 is 1.48 bits per heavy atom. The van der Waals surface area contributed by atoms with E-state index < -0.39 is 0 Å². The van der Waals surface area contributed by atoms with Crippen LogP contribution in [0.15, 0.2) is 167 Å². The summed E-state index contributed by atoms with van der Waals surface area (Å²) in [6.45, 7) is 0. The second kappa shape index (κ2) is 9.69. The zero-order valence-electron chi connectivity index (χ0n) is 24.8. The molecule has 2 aromatic heterocycles. The highest BCUT2D eigenvalue weighted by Crippen LogP contribution is 2.47. The van der Waals surface area contributed by atoms with Gasteiger partial charge >= 0.3 is 0 Å². The van der Waals surface area contributed by atoms with Crippen LogP contribution in [-0.4, -0.2) is 0 Å². The van der Waals surface area contributed by atoms with Gasteiger partial charge in [-0.1, -0.05) is 127 Å². The van der Waals surface area contributed by atoms with Gasteiger partial charge < -0.3 is 8.83 Å². The maximum Gasteiger partial charge on any atom is 0.136 e. The van der Waals surface area contributed by atoms with Crippen LogP contribution < -0.4 is 0 Å². The molecular formula is C44H26O2. The van der Waals surface area contributed by atoms with E-state index in [9.17, 15) is 0 Å². The van der Waals surface area contributed by atoms with Crippen molar-refractivity contribution in [3.63, 3.8) is 0 Å². The van der Waals surface area contributed by atoms with Crippen molar-refractivity contribution in [3.05, 3.63) is 158 Å². The first kappa shape index (κ1) is 25.2. The van der Waals surface area contributed by atoms with Crippen LogP contribution in [0.25, 0.3) is 98.8 Å². The zero-order valence-corrected chi connectivity index (χ0v) is 24.8. The summed E-state index contributed by atoms with van der Waals surface area (Å²) in [5, 5.41) is 9.46. The van der Waals surface area contributed by atoms with Gasteiger partial charge in [0.05, 0.1) is 0 Å². The first-order valence-corrected chi connectivity index (χ1v) is 15.7. The smallest absolute Gasteiger partial charge is 0.136 e. The third kappa shape index (κ3) is 3.59. The molecule has 2 heteroatoms. The molecule has 0 spiro atoms. The van der Waals surface area contributed by atoms with Crippen molar-refractivity contribution in [3.8, 4) is 33.4 Å². The van der Waals surface area contributed by atoms with E-state index in [-0.39, 0.29) is 0 Å². The number of furan rings is 2. The van der Waals surface area contributed by atoms with Gasteiger partial charge in [0, 0.05) is 21.5 Å². The van der Waals surface area contributed by atoms with Crippen LogP contribution in [-0.2, 0) is 0 Å². The third-order valence-electron chi connectivity index (χ3n) is 9.47. The molecule has 0 N–H and O–H groups in total. The highest BCUT2D eigenvalue weighted by molar-refractivity contribution is 6.26. The molecule has 214 valence electrons. The highest BCUT2D eigenvalue weighted by Gasteiger charge is 2.21. The Kier molecular flexibility index (Phi) is 5.31. The van der Waals surface area contributed by atoms with Gasteiger partial charge in [0.15, 0.2) is 0 Å². The molecule has 0 saturated heterocycles. The molecule has 0 atom stereocenters. The Morgan fingerprint density at radius 2 is 0.783 bits per heavy atom. The topological polar surface area (TPSA) is 26.3 Å². The number of para-hydroxylation sites is 1. The largest absolute Gasteiger partial charge is 0.456 e. The lowest BCUT2D eigenvalue weighted by Crippen LogP contribution is -1.91. The zero-order chi connectivity index (χ0) is 30.2. The van der Waals surface area contributed by atoms with Crippen molar-refractivity contribution in [1.29, 1.82) is 0 Å². The van der Waals surface area contributed by atoms with E-state index in [2.05, 4.69) is 140 Å². The van der Waals surface area contributed by atoms with Crippen molar-refractivity contribution in [2.24, 2.45) is 0 Å². The molecule has 0 amide bonds. The Bertz CT molecular complexity index is 2740. The molecule has 0 bridgehead atoms. The minimum atomic E-state index is 0.874. The number of rotatable bonds is 3. The second-order valence-electron chi connectivity index (χ2n) is 12.0. The standard InChI is InChI=1S/C44H26O2/c1-2-12-27(13-3-1)41-30-14-4-6-16-32(30)42(33-17-7-5-15-31(33)41)36-20-11-23-39-44(36)35-25-24-28(26-40(35)46-39)29-19-10-22-38-43(29)34-18-8-9-21-37(34)45-38/h1-26H. The average molecular weight is 587 g/mol. The van der Waals surface area contributed by atoms with Gasteiger partial charge in [-0.2, -0.15) is 0 Å².